The molecule has 1 unspecified atom stereocenters. The van der Waals surface area contributed by atoms with Crippen LogP contribution in [0.1, 0.15) is 10.9 Å². The number of fused-ring (bicyclic) bond motifs is 1. The fourth-order valence-electron chi connectivity index (χ4n) is 4.21. The first kappa shape index (κ1) is 19.3. The van der Waals surface area contributed by atoms with Gasteiger partial charge in [0.15, 0.2) is 5.13 Å². The Morgan fingerprint density at radius 2 is 1.56 bits per heavy atom. The number of H-pyrrole nitrogens is 1. The van der Waals surface area contributed by atoms with Gasteiger partial charge in [-0.25, -0.2) is 4.98 Å². The highest BCUT2D eigenvalue weighted by molar-refractivity contribution is 8.00. The lowest BCUT2D eigenvalue weighted by molar-refractivity contribution is -0.115. The summed E-state index contributed by atoms with van der Waals surface area (Å²) in [7, 11) is 0. The molecule has 1 N–H and O–H groups in total. The number of hydrogen-bond acceptors (Lipinski definition) is 4. The summed E-state index contributed by atoms with van der Waals surface area (Å²) in [5, 5.41) is 3.78. The first-order chi connectivity index (χ1) is 15.8. The van der Waals surface area contributed by atoms with Crippen molar-refractivity contribution in [1.29, 1.82) is 0 Å². The Morgan fingerprint density at radius 1 is 0.875 bits per heavy atom. The van der Waals surface area contributed by atoms with Crippen molar-refractivity contribution < 1.29 is 4.79 Å². The topological polar surface area (TPSA) is 49.0 Å². The van der Waals surface area contributed by atoms with Gasteiger partial charge in [0.25, 0.3) is 0 Å². The van der Waals surface area contributed by atoms with E-state index in [9.17, 15) is 4.79 Å². The second-order valence-corrected chi connectivity index (χ2v) is 9.54. The van der Waals surface area contributed by atoms with Crippen molar-refractivity contribution in [3.05, 3.63) is 95.9 Å². The summed E-state index contributed by atoms with van der Waals surface area (Å²) in [5.41, 5.74) is 6.34. The Labute approximate surface area is 193 Å². The van der Waals surface area contributed by atoms with Crippen LogP contribution in [0.15, 0.2) is 90.3 Å². The van der Waals surface area contributed by atoms with Crippen LogP contribution in [0.4, 0.5) is 5.13 Å². The third kappa shape index (κ3) is 3.23. The van der Waals surface area contributed by atoms with E-state index in [4.69, 9.17) is 4.98 Å². The number of anilines is 1. The van der Waals surface area contributed by atoms with Crippen molar-refractivity contribution >= 4 is 45.0 Å². The summed E-state index contributed by atoms with van der Waals surface area (Å²) in [6.07, 6.45) is 0. The molecule has 1 saturated heterocycles. The zero-order valence-electron chi connectivity index (χ0n) is 17.1. The average molecular weight is 454 g/mol. The molecule has 3 heterocycles. The second-order valence-electron chi connectivity index (χ2n) is 7.63. The number of aromatic nitrogens is 2. The summed E-state index contributed by atoms with van der Waals surface area (Å²) in [5.74, 6) is 0.539. The zero-order chi connectivity index (χ0) is 21.5. The monoisotopic (exact) mass is 453 g/mol. The lowest BCUT2D eigenvalue weighted by Gasteiger charge is -2.22. The minimum Gasteiger partial charge on any atom is -0.354 e. The highest BCUT2D eigenvalue weighted by Gasteiger charge is 2.38. The molecule has 6 heteroatoms. The molecule has 0 saturated carbocycles. The summed E-state index contributed by atoms with van der Waals surface area (Å²) in [6, 6.07) is 28.7. The molecule has 0 bridgehead atoms. The van der Waals surface area contributed by atoms with Gasteiger partial charge in [0.2, 0.25) is 5.91 Å². The minimum atomic E-state index is -0.136. The molecule has 0 radical (unpaired) electrons. The fourth-order valence-corrected chi connectivity index (χ4v) is 6.38. The van der Waals surface area contributed by atoms with Gasteiger partial charge in [-0.15, -0.1) is 23.1 Å². The highest BCUT2D eigenvalue weighted by atomic mass is 32.2. The van der Waals surface area contributed by atoms with E-state index in [0.717, 1.165) is 44.1 Å². The lowest BCUT2D eigenvalue weighted by atomic mass is 10.0. The van der Waals surface area contributed by atoms with Gasteiger partial charge >= 0.3 is 0 Å². The van der Waals surface area contributed by atoms with E-state index in [2.05, 4.69) is 35.3 Å². The molecular formula is C26H19N3OS2. The van der Waals surface area contributed by atoms with Crippen molar-refractivity contribution in [3.63, 3.8) is 0 Å². The maximum absolute atomic E-state index is 13.1. The van der Waals surface area contributed by atoms with Crippen molar-refractivity contribution in [2.24, 2.45) is 0 Å². The standard InChI is InChI=1S/C26H19N3OS2/c30-22-16-31-25(29(22)26-28-21(15-32-26)17-9-3-1-4-10-17)23-19-13-7-8-14-20(19)27-24(23)18-11-5-2-6-12-18/h1-15,25,27H,16H2. The molecule has 0 spiro atoms. The number of carbonyl (C=O) groups excluding carboxylic acids is 1. The summed E-state index contributed by atoms with van der Waals surface area (Å²) < 4.78 is 0. The fraction of sp³-hybridized carbons (Fsp3) is 0.0769. The Bertz CT molecular complexity index is 1410. The van der Waals surface area contributed by atoms with E-state index in [1.165, 1.54) is 11.3 Å². The minimum absolute atomic E-state index is 0.0956. The van der Waals surface area contributed by atoms with E-state index >= 15 is 0 Å². The Balaban J connectivity index is 1.49. The Morgan fingerprint density at radius 3 is 2.34 bits per heavy atom. The van der Waals surface area contributed by atoms with Crippen LogP contribution >= 0.6 is 23.1 Å². The maximum Gasteiger partial charge on any atom is 0.240 e. The van der Waals surface area contributed by atoms with Gasteiger partial charge in [-0.3, -0.25) is 9.69 Å². The van der Waals surface area contributed by atoms with Crippen LogP contribution in [0.25, 0.3) is 33.4 Å². The third-order valence-electron chi connectivity index (χ3n) is 5.69. The van der Waals surface area contributed by atoms with Crippen LogP contribution in [0, 0.1) is 0 Å². The predicted molar refractivity (Wildman–Crippen MR) is 134 cm³/mol. The Kier molecular flexibility index (Phi) is 4.82. The van der Waals surface area contributed by atoms with Crippen LogP contribution in [0.3, 0.4) is 0 Å². The van der Waals surface area contributed by atoms with Gasteiger partial charge in [-0.1, -0.05) is 78.9 Å². The molecule has 3 aromatic carbocycles. The number of rotatable bonds is 4. The normalized spacial score (nSPS) is 16.2. The second kappa shape index (κ2) is 7.97. The number of hydrogen-bond donors (Lipinski definition) is 1. The number of carbonyl (C=O) groups is 1. The average Bonchev–Trinajstić information content (AvgIpc) is 3.56. The molecule has 4 nitrogen and oxygen atoms in total. The van der Waals surface area contributed by atoms with Crippen molar-refractivity contribution in [2.75, 3.05) is 10.7 Å². The number of aromatic amines is 1. The number of benzene rings is 3. The number of thiazole rings is 1. The van der Waals surface area contributed by atoms with Crippen LogP contribution in [0.5, 0.6) is 0 Å². The van der Waals surface area contributed by atoms with Crippen LogP contribution < -0.4 is 4.90 Å². The molecule has 1 aliphatic heterocycles. The highest BCUT2D eigenvalue weighted by Crippen LogP contribution is 2.48. The van der Waals surface area contributed by atoms with E-state index in [0.29, 0.717) is 5.75 Å². The van der Waals surface area contributed by atoms with Crippen LogP contribution in [0.2, 0.25) is 0 Å². The molecule has 1 aliphatic rings. The molecule has 1 fully saturated rings. The summed E-state index contributed by atoms with van der Waals surface area (Å²) >= 11 is 3.19. The van der Waals surface area contributed by atoms with E-state index in [-0.39, 0.29) is 11.3 Å². The number of thioether (sulfide) groups is 1. The largest absolute Gasteiger partial charge is 0.354 e. The summed E-state index contributed by atoms with van der Waals surface area (Å²) in [6.45, 7) is 0. The number of nitrogens with one attached hydrogen (secondary N) is 1. The van der Waals surface area contributed by atoms with Crippen molar-refractivity contribution in [3.8, 4) is 22.5 Å². The molecule has 0 aliphatic carbocycles. The molecule has 2 aromatic heterocycles. The first-order valence-electron chi connectivity index (χ1n) is 10.4. The van der Waals surface area contributed by atoms with Crippen molar-refractivity contribution in [1.82, 2.24) is 9.97 Å². The van der Waals surface area contributed by atoms with Gasteiger partial charge in [0.1, 0.15) is 5.37 Å². The molecule has 5 aromatic rings. The van der Waals surface area contributed by atoms with Crippen molar-refractivity contribution in [2.45, 2.75) is 5.37 Å². The first-order valence-corrected chi connectivity index (χ1v) is 12.3. The quantitative estimate of drug-likeness (QED) is 0.328. The van der Waals surface area contributed by atoms with Gasteiger partial charge < -0.3 is 4.98 Å². The third-order valence-corrected chi connectivity index (χ3v) is 7.71. The van der Waals surface area contributed by atoms with E-state index in [1.807, 2.05) is 64.9 Å². The maximum atomic E-state index is 13.1. The Hall–Kier alpha value is -3.35. The molecular weight excluding hydrogens is 434 g/mol. The van der Waals surface area contributed by atoms with Gasteiger partial charge in [-0.05, 0) is 11.6 Å². The summed E-state index contributed by atoms with van der Waals surface area (Å²) in [4.78, 5) is 23.4. The molecule has 6 rings (SSSR count). The van der Waals surface area contributed by atoms with Gasteiger partial charge in [-0.2, -0.15) is 0 Å². The number of para-hydroxylation sites is 1. The SMILES string of the molecule is O=C1CSC(c2c(-c3ccccc3)[nH]c3ccccc23)N1c1nc(-c2ccccc2)cs1. The van der Waals surface area contributed by atoms with E-state index < -0.39 is 0 Å². The van der Waals surface area contributed by atoms with E-state index in [1.54, 1.807) is 11.8 Å². The number of nitrogens with zero attached hydrogens (tertiary/aromatic N) is 2. The van der Waals surface area contributed by atoms with Gasteiger partial charge in [0, 0.05) is 27.4 Å². The van der Waals surface area contributed by atoms with Gasteiger partial charge in [0.05, 0.1) is 17.1 Å². The number of amides is 1. The predicted octanol–water partition coefficient (Wildman–Crippen LogP) is 6.74. The van der Waals surface area contributed by atoms with Crippen LogP contribution in [-0.4, -0.2) is 21.6 Å². The zero-order valence-corrected chi connectivity index (χ0v) is 18.7. The molecule has 1 atom stereocenters. The smallest absolute Gasteiger partial charge is 0.240 e. The molecule has 1 amide bonds. The van der Waals surface area contributed by atoms with Crippen LogP contribution in [-0.2, 0) is 4.79 Å². The molecule has 32 heavy (non-hydrogen) atoms. The lowest BCUT2D eigenvalue weighted by Crippen LogP contribution is -2.27. The molecule has 156 valence electrons.